The number of rotatable bonds is 8. The van der Waals surface area contributed by atoms with Gasteiger partial charge in [0.1, 0.15) is 30.5 Å². The zero-order valence-electron chi connectivity index (χ0n) is 16.0. The molecule has 0 unspecified atom stereocenters. The van der Waals surface area contributed by atoms with Crippen molar-refractivity contribution < 1.29 is 37.0 Å². The molecule has 10 heteroatoms. The molecule has 1 aliphatic rings. The Morgan fingerprint density at radius 2 is 1.70 bits per heavy atom. The summed E-state index contributed by atoms with van der Waals surface area (Å²) in [4.78, 5) is 12.2. The van der Waals surface area contributed by atoms with E-state index in [1.807, 2.05) is 0 Å². The molecule has 0 aliphatic carbocycles. The third-order valence-corrected chi connectivity index (χ3v) is 7.40. The SMILES string of the molecule is O=C(NO)C1(S(=O)(=O)c2ccc(OCCOc3cccc(F)c3)cc2)CCOCC1. The van der Waals surface area contributed by atoms with Crippen LogP contribution >= 0.6 is 0 Å². The Kier molecular flexibility index (Phi) is 6.91. The summed E-state index contributed by atoms with van der Waals surface area (Å²) in [7, 11) is -4.08. The highest BCUT2D eigenvalue weighted by Crippen LogP contribution is 2.35. The van der Waals surface area contributed by atoms with Gasteiger partial charge < -0.3 is 14.2 Å². The third kappa shape index (κ3) is 4.55. The van der Waals surface area contributed by atoms with Crippen molar-refractivity contribution in [2.75, 3.05) is 26.4 Å². The molecule has 8 nitrogen and oxygen atoms in total. The number of amides is 1. The molecule has 162 valence electrons. The number of nitrogens with one attached hydrogen (secondary N) is 1. The first-order chi connectivity index (χ1) is 14.4. The molecule has 0 aromatic heterocycles. The van der Waals surface area contributed by atoms with E-state index in [0.717, 1.165) is 0 Å². The fourth-order valence-electron chi connectivity index (χ4n) is 3.24. The molecular weight excluding hydrogens is 417 g/mol. The number of ether oxygens (including phenoxy) is 3. The van der Waals surface area contributed by atoms with Crippen LogP contribution in [0.4, 0.5) is 4.39 Å². The summed E-state index contributed by atoms with van der Waals surface area (Å²) in [5, 5.41) is 9.07. The van der Waals surface area contributed by atoms with Crippen molar-refractivity contribution in [3.8, 4) is 11.5 Å². The normalized spacial score (nSPS) is 15.9. The van der Waals surface area contributed by atoms with Crippen LogP contribution in [0.2, 0.25) is 0 Å². The van der Waals surface area contributed by atoms with E-state index in [9.17, 15) is 17.6 Å². The van der Waals surface area contributed by atoms with Gasteiger partial charge >= 0.3 is 0 Å². The summed E-state index contributed by atoms with van der Waals surface area (Å²) in [6, 6.07) is 11.4. The summed E-state index contributed by atoms with van der Waals surface area (Å²) in [6.45, 7) is 0.526. The Labute approximate surface area is 173 Å². The smallest absolute Gasteiger partial charge is 0.265 e. The number of hydrogen-bond acceptors (Lipinski definition) is 7. The molecular formula is C20H22FNO7S. The molecule has 1 heterocycles. The average molecular weight is 439 g/mol. The molecule has 0 saturated carbocycles. The highest BCUT2D eigenvalue weighted by Gasteiger charge is 2.52. The number of sulfone groups is 1. The lowest BCUT2D eigenvalue weighted by atomic mass is 9.98. The van der Waals surface area contributed by atoms with E-state index < -0.39 is 26.3 Å². The zero-order chi connectivity index (χ0) is 21.6. The summed E-state index contributed by atoms with van der Waals surface area (Å²) in [5.41, 5.74) is 1.48. The van der Waals surface area contributed by atoms with Gasteiger partial charge in [0.2, 0.25) is 0 Å². The van der Waals surface area contributed by atoms with Crippen LogP contribution < -0.4 is 15.0 Å². The summed E-state index contributed by atoms with van der Waals surface area (Å²) >= 11 is 0. The van der Waals surface area contributed by atoms with Crippen molar-refractivity contribution in [1.29, 1.82) is 0 Å². The Hall–Kier alpha value is -2.69. The van der Waals surface area contributed by atoms with Crippen LogP contribution in [-0.2, 0) is 19.4 Å². The third-order valence-electron chi connectivity index (χ3n) is 4.88. The Balaban J connectivity index is 1.64. The van der Waals surface area contributed by atoms with E-state index in [-0.39, 0.29) is 44.2 Å². The minimum Gasteiger partial charge on any atom is -0.490 e. The molecule has 0 spiro atoms. The monoisotopic (exact) mass is 439 g/mol. The number of carbonyl (C=O) groups excluding carboxylic acids is 1. The van der Waals surface area contributed by atoms with Gasteiger partial charge in [0.15, 0.2) is 14.6 Å². The van der Waals surface area contributed by atoms with Crippen LogP contribution in [0.15, 0.2) is 53.4 Å². The maximum atomic E-state index is 13.1. The number of hydrogen-bond donors (Lipinski definition) is 2. The molecule has 2 aromatic carbocycles. The first-order valence-electron chi connectivity index (χ1n) is 9.27. The lowest BCUT2D eigenvalue weighted by Gasteiger charge is -2.34. The second kappa shape index (κ2) is 9.41. The van der Waals surface area contributed by atoms with E-state index in [1.54, 1.807) is 6.07 Å². The van der Waals surface area contributed by atoms with Gasteiger partial charge in [-0.15, -0.1) is 0 Å². The fraction of sp³-hybridized carbons (Fsp3) is 0.350. The van der Waals surface area contributed by atoms with Gasteiger partial charge in [0.25, 0.3) is 5.91 Å². The molecule has 1 aliphatic heterocycles. The molecule has 0 bridgehead atoms. The number of carbonyl (C=O) groups is 1. The molecule has 1 saturated heterocycles. The molecule has 30 heavy (non-hydrogen) atoms. The van der Waals surface area contributed by atoms with E-state index in [4.69, 9.17) is 19.4 Å². The maximum Gasteiger partial charge on any atom is 0.265 e. The largest absolute Gasteiger partial charge is 0.490 e. The number of halogens is 1. The van der Waals surface area contributed by atoms with Crippen molar-refractivity contribution in [1.82, 2.24) is 5.48 Å². The van der Waals surface area contributed by atoms with E-state index in [1.165, 1.54) is 47.9 Å². The minimum absolute atomic E-state index is 0.0581. The highest BCUT2D eigenvalue weighted by atomic mass is 32.2. The van der Waals surface area contributed by atoms with Crippen molar-refractivity contribution >= 4 is 15.7 Å². The van der Waals surface area contributed by atoms with Gasteiger partial charge in [0.05, 0.1) is 4.90 Å². The highest BCUT2D eigenvalue weighted by molar-refractivity contribution is 7.93. The summed E-state index contributed by atoms with van der Waals surface area (Å²) < 4.78 is 53.7. The average Bonchev–Trinajstić information content (AvgIpc) is 2.77. The zero-order valence-corrected chi connectivity index (χ0v) is 16.9. The molecule has 2 aromatic rings. The first kappa shape index (κ1) is 22.0. The van der Waals surface area contributed by atoms with Crippen LogP contribution in [0.3, 0.4) is 0 Å². The van der Waals surface area contributed by atoms with Crippen LogP contribution in [0.1, 0.15) is 12.8 Å². The minimum atomic E-state index is -4.08. The van der Waals surface area contributed by atoms with Gasteiger partial charge in [-0.3, -0.25) is 10.0 Å². The van der Waals surface area contributed by atoms with Crippen molar-refractivity contribution in [3.05, 3.63) is 54.3 Å². The van der Waals surface area contributed by atoms with Crippen LogP contribution in [-0.4, -0.2) is 50.7 Å². The van der Waals surface area contributed by atoms with Gasteiger partial charge in [-0.1, -0.05) is 6.07 Å². The lowest BCUT2D eigenvalue weighted by molar-refractivity contribution is -0.134. The number of hydroxylamine groups is 1. The molecule has 0 radical (unpaired) electrons. The molecule has 0 atom stereocenters. The van der Waals surface area contributed by atoms with Crippen molar-refractivity contribution in [2.24, 2.45) is 0 Å². The second-order valence-corrected chi connectivity index (χ2v) is 8.94. The van der Waals surface area contributed by atoms with E-state index in [0.29, 0.717) is 11.5 Å². The lowest BCUT2D eigenvalue weighted by Crippen LogP contribution is -2.54. The van der Waals surface area contributed by atoms with Crippen molar-refractivity contribution in [3.63, 3.8) is 0 Å². The predicted octanol–water partition coefficient (Wildman–Crippen LogP) is 2.11. The standard InChI is InChI=1S/C20H22FNO7S/c21-15-2-1-3-17(14-15)29-13-12-28-16-4-6-18(7-5-16)30(25,26)20(19(23)22-24)8-10-27-11-9-20/h1-7,14,24H,8-13H2,(H,22,23). The van der Waals surface area contributed by atoms with Crippen LogP contribution in [0.5, 0.6) is 11.5 Å². The summed E-state index contributed by atoms with van der Waals surface area (Å²) in [5.74, 6) is -0.587. The molecule has 1 amide bonds. The van der Waals surface area contributed by atoms with Gasteiger partial charge in [-0.05, 0) is 49.2 Å². The Bertz CT molecular complexity index is 973. The van der Waals surface area contributed by atoms with E-state index >= 15 is 0 Å². The van der Waals surface area contributed by atoms with E-state index in [2.05, 4.69) is 0 Å². The predicted molar refractivity (Wildman–Crippen MR) is 104 cm³/mol. The maximum absolute atomic E-state index is 13.1. The van der Waals surface area contributed by atoms with Gasteiger partial charge in [-0.25, -0.2) is 18.3 Å². The molecule has 1 fully saturated rings. The quantitative estimate of drug-likeness (QED) is 0.368. The van der Waals surface area contributed by atoms with Crippen LogP contribution in [0, 0.1) is 5.82 Å². The Morgan fingerprint density at radius 1 is 1.07 bits per heavy atom. The Morgan fingerprint density at radius 3 is 2.30 bits per heavy atom. The molecule has 2 N–H and O–H groups in total. The molecule has 3 rings (SSSR count). The van der Waals surface area contributed by atoms with Crippen molar-refractivity contribution in [2.45, 2.75) is 22.5 Å². The second-order valence-electron chi connectivity index (χ2n) is 6.68. The van der Waals surface area contributed by atoms with Crippen LogP contribution in [0.25, 0.3) is 0 Å². The fourth-order valence-corrected chi connectivity index (χ4v) is 5.18. The van der Waals surface area contributed by atoms with Gasteiger partial charge in [-0.2, -0.15) is 0 Å². The topological polar surface area (TPSA) is 111 Å². The van der Waals surface area contributed by atoms with Gasteiger partial charge in [0, 0.05) is 19.3 Å². The first-order valence-corrected chi connectivity index (χ1v) is 10.8. The summed E-state index contributed by atoms with van der Waals surface area (Å²) in [6.07, 6.45) is -0.116. The number of benzene rings is 2.